The van der Waals surface area contributed by atoms with E-state index in [0.29, 0.717) is 12.1 Å². The first-order valence-corrected chi connectivity index (χ1v) is 7.76. The molecule has 1 aromatic heterocycles. The van der Waals surface area contributed by atoms with Crippen LogP contribution < -0.4 is 5.32 Å². The van der Waals surface area contributed by atoms with Crippen molar-refractivity contribution >= 4 is 21.7 Å². The van der Waals surface area contributed by atoms with E-state index in [2.05, 4.69) is 70.7 Å². The van der Waals surface area contributed by atoms with Crippen LogP contribution in [0.15, 0.2) is 10.7 Å². The van der Waals surface area contributed by atoms with Crippen molar-refractivity contribution in [2.75, 3.05) is 18.4 Å². The maximum absolute atomic E-state index is 4.47. The molecule has 1 rings (SSSR count). The van der Waals surface area contributed by atoms with Crippen LogP contribution in [-0.2, 0) is 6.42 Å². The van der Waals surface area contributed by atoms with Crippen molar-refractivity contribution in [1.29, 1.82) is 0 Å². The molecule has 1 N–H and O–H groups in total. The molecule has 108 valence electrons. The number of anilines is 1. The van der Waals surface area contributed by atoms with Gasteiger partial charge in [0.05, 0.1) is 0 Å². The van der Waals surface area contributed by atoms with Crippen molar-refractivity contribution in [1.82, 2.24) is 14.9 Å². The molecule has 4 nitrogen and oxygen atoms in total. The van der Waals surface area contributed by atoms with Gasteiger partial charge in [-0.1, -0.05) is 6.92 Å². The molecule has 0 aliphatic rings. The smallest absolute Gasteiger partial charge is 0.131 e. The fourth-order valence-corrected chi connectivity index (χ4v) is 2.56. The summed E-state index contributed by atoms with van der Waals surface area (Å²) in [6.07, 6.45) is 0.845. The minimum atomic E-state index is 0.560. The van der Waals surface area contributed by atoms with Gasteiger partial charge >= 0.3 is 0 Å². The van der Waals surface area contributed by atoms with E-state index >= 15 is 0 Å². The summed E-state index contributed by atoms with van der Waals surface area (Å²) in [4.78, 5) is 11.2. The lowest BCUT2D eigenvalue weighted by atomic mass is 10.2. The van der Waals surface area contributed by atoms with Crippen molar-refractivity contribution in [2.45, 2.75) is 53.1 Å². The molecule has 1 aromatic rings. The van der Waals surface area contributed by atoms with Crippen molar-refractivity contribution in [3.05, 3.63) is 16.5 Å². The Balaban J connectivity index is 2.55. The number of halogens is 1. The monoisotopic (exact) mass is 328 g/mol. The van der Waals surface area contributed by atoms with Crippen molar-refractivity contribution in [2.24, 2.45) is 0 Å². The van der Waals surface area contributed by atoms with Gasteiger partial charge in [0, 0.05) is 37.7 Å². The second-order valence-corrected chi connectivity index (χ2v) is 6.01. The van der Waals surface area contributed by atoms with Gasteiger partial charge in [0.25, 0.3) is 0 Å². The molecule has 0 saturated carbocycles. The zero-order valence-electron chi connectivity index (χ0n) is 12.6. The molecule has 0 aliphatic carbocycles. The average molecular weight is 329 g/mol. The van der Waals surface area contributed by atoms with Gasteiger partial charge in [-0.25, -0.2) is 9.97 Å². The quantitative estimate of drug-likeness (QED) is 0.779. The van der Waals surface area contributed by atoms with E-state index in [4.69, 9.17) is 0 Å². The topological polar surface area (TPSA) is 41.1 Å². The maximum Gasteiger partial charge on any atom is 0.131 e. The van der Waals surface area contributed by atoms with E-state index < -0.39 is 0 Å². The molecule has 0 bridgehead atoms. The normalized spacial score (nSPS) is 11.6. The Hall–Kier alpha value is -0.680. The van der Waals surface area contributed by atoms with Crippen molar-refractivity contribution in [3.63, 3.8) is 0 Å². The summed E-state index contributed by atoms with van der Waals surface area (Å²) in [5, 5.41) is 3.38. The number of hydrogen-bond donors (Lipinski definition) is 1. The molecule has 0 amide bonds. The largest absolute Gasteiger partial charge is 0.369 e. The average Bonchev–Trinajstić information content (AvgIpc) is 2.32. The molecule has 0 unspecified atom stereocenters. The minimum Gasteiger partial charge on any atom is -0.369 e. The highest BCUT2D eigenvalue weighted by atomic mass is 79.9. The lowest BCUT2D eigenvalue weighted by molar-refractivity contribution is 0.182. The standard InChI is InChI=1S/C14H25BrN4/c1-6-13-17-12(15)9-14(18-13)16-7-8-19(10(2)3)11(4)5/h9-11H,6-8H2,1-5H3,(H,16,17,18). The maximum atomic E-state index is 4.47. The van der Waals surface area contributed by atoms with Gasteiger partial charge in [-0.05, 0) is 43.6 Å². The SMILES string of the molecule is CCc1nc(Br)cc(NCCN(C(C)C)C(C)C)n1. The van der Waals surface area contributed by atoms with E-state index in [1.54, 1.807) is 0 Å². The van der Waals surface area contributed by atoms with Crippen LogP contribution in [0.3, 0.4) is 0 Å². The first-order chi connectivity index (χ1) is 8.93. The summed E-state index contributed by atoms with van der Waals surface area (Å²) < 4.78 is 0.839. The third-order valence-electron chi connectivity index (χ3n) is 3.06. The van der Waals surface area contributed by atoms with Gasteiger partial charge in [0.1, 0.15) is 16.2 Å². The van der Waals surface area contributed by atoms with E-state index in [1.807, 2.05) is 6.07 Å². The molecule has 1 heterocycles. The van der Waals surface area contributed by atoms with E-state index in [9.17, 15) is 0 Å². The Bertz CT molecular complexity index is 385. The van der Waals surface area contributed by atoms with E-state index in [1.165, 1.54) is 0 Å². The lowest BCUT2D eigenvalue weighted by Gasteiger charge is -2.30. The van der Waals surface area contributed by atoms with Gasteiger partial charge < -0.3 is 5.32 Å². The molecule has 0 saturated heterocycles. The first-order valence-electron chi connectivity index (χ1n) is 6.97. The van der Waals surface area contributed by atoms with Crippen LogP contribution >= 0.6 is 15.9 Å². The zero-order valence-corrected chi connectivity index (χ0v) is 14.2. The fraction of sp³-hybridized carbons (Fsp3) is 0.714. The molecule has 0 aromatic carbocycles. The molecule has 0 spiro atoms. The van der Waals surface area contributed by atoms with Crippen molar-refractivity contribution in [3.8, 4) is 0 Å². The zero-order chi connectivity index (χ0) is 14.4. The number of rotatable bonds is 7. The summed E-state index contributed by atoms with van der Waals surface area (Å²) in [5.74, 6) is 1.76. The molecular formula is C14H25BrN4. The summed E-state index contributed by atoms with van der Waals surface area (Å²) in [5.41, 5.74) is 0. The van der Waals surface area contributed by atoms with Crippen LogP contribution in [0.2, 0.25) is 0 Å². The van der Waals surface area contributed by atoms with Gasteiger partial charge in [0.15, 0.2) is 0 Å². The highest BCUT2D eigenvalue weighted by Crippen LogP contribution is 2.12. The number of nitrogens with zero attached hydrogens (tertiary/aromatic N) is 3. The first kappa shape index (κ1) is 16.4. The summed E-state index contributed by atoms with van der Waals surface area (Å²) in [7, 11) is 0. The Morgan fingerprint density at radius 2 is 1.84 bits per heavy atom. The summed E-state index contributed by atoms with van der Waals surface area (Å²) in [6, 6.07) is 3.05. The predicted molar refractivity (Wildman–Crippen MR) is 84.6 cm³/mol. The van der Waals surface area contributed by atoms with Gasteiger partial charge in [-0.2, -0.15) is 0 Å². The third-order valence-corrected chi connectivity index (χ3v) is 3.47. The fourth-order valence-electron chi connectivity index (χ4n) is 2.14. The summed E-state index contributed by atoms with van der Waals surface area (Å²) in [6.45, 7) is 12.9. The van der Waals surface area contributed by atoms with Crippen LogP contribution in [0.4, 0.5) is 5.82 Å². The molecule has 5 heteroatoms. The highest BCUT2D eigenvalue weighted by molar-refractivity contribution is 9.10. The number of aromatic nitrogens is 2. The number of hydrogen-bond acceptors (Lipinski definition) is 4. The second-order valence-electron chi connectivity index (χ2n) is 5.20. The second kappa shape index (κ2) is 7.80. The van der Waals surface area contributed by atoms with Gasteiger partial charge in [-0.15, -0.1) is 0 Å². The number of nitrogens with one attached hydrogen (secondary N) is 1. The van der Waals surface area contributed by atoms with Gasteiger partial charge in [-0.3, -0.25) is 4.90 Å². The van der Waals surface area contributed by atoms with Gasteiger partial charge in [0.2, 0.25) is 0 Å². The summed E-state index contributed by atoms with van der Waals surface area (Å²) >= 11 is 3.42. The van der Waals surface area contributed by atoms with Crippen LogP contribution in [0.5, 0.6) is 0 Å². The molecule has 0 aliphatic heterocycles. The molecule has 19 heavy (non-hydrogen) atoms. The third kappa shape index (κ3) is 5.45. The molecule has 0 atom stereocenters. The van der Waals surface area contributed by atoms with Crippen LogP contribution in [-0.4, -0.2) is 40.0 Å². The highest BCUT2D eigenvalue weighted by Gasteiger charge is 2.12. The van der Waals surface area contributed by atoms with E-state index in [0.717, 1.165) is 35.8 Å². The molecular weight excluding hydrogens is 304 g/mol. The van der Waals surface area contributed by atoms with E-state index in [-0.39, 0.29) is 0 Å². The Morgan fingerprint density at radius 1 is 1.21 bits per heavy atom. The van der Waals surface area contributed by atoms with Crippen LogP contribution in [0, 0.1) is 0 Å². The molecule has 0 radical (unpaired) electrons. The minimum absolute atomic E-state index is 0.560. The molecule has 0 fully saturated rings. The Kier molecular flexibility index (Phi) is 6.72. The Labute approximate surface area is 125 Å². The number of aryl methyl sites for hydroxylation is 1. The van der Waals surface area contributed by atoms with Crippen LogP contribution in [0.1, 0.15) is 40.4 Å². The van der Waals surface area contributed by atoms with Crippen molar-refractivity contribution < 1.29 is 0 Å². The predicted octanol–water partition coefficient (Wildman–Crippen LogP) is 3.33. The Morgan fingerprint density at radius 3 is 2.37 bits per heavy atom. The lowest BCUT2D eigenvalue weighted by Crippen LogP contribution is -2.40. The van der Waals surface area contributed by atoms with Crippen LogP contribution in [0.25, 0.3) is 0 Å².